The van der Waals surface area contributed by atoms with Crippen LogP contribution in [0.2, 0.25) is 0 Å². The van der Waals surface area contributed by atoms with Gasteiger partial charge < -0.3 is 5.32 Å². The number of amides is 1. The van der Waals surface area contributed by atoms with Crippen molar-refractivity contribution in [2.75, 3.05) is 11.2 Å². The quantitative estimate of drug-likeness (QED) is 0.515. The lowest BCUT2D eigenvalue weighted by molar-refractivity contribution is -0.105. The molecule has 0 atom stereocenters. The summed E-state index contributed by atoms with van der Waals surface area (Å²) >= 11 is 8.75. The van der Waals surface area contributed by atoms with Gasteiger partial charge in [0.15, 0.2) is 5.78 Å². The summed E-state index contributed by atoms with van der Waals surface area (Å²) < 4.78 is 0.800. The van der Waals surface area contributed by atoms with Gasteiger partial charge in [0.25, 0.3) is 0 Å². The number of ketones is 1. The molecule has 0 radical (unpaired) electrons. The smallest absolute Gasteiger partial charge is 0.211 e. The Morgan fingerprint density at radius 2 is 2.27 bits per heavy atom. The fourth-order valence-electron chi connectivity index (χ4n) is 1.16. The maximum atomic E-state index is 11.6. The van der Waals surface area contributed by atoms with Crippen molar-refractivity contribution in [3.05, 3.63) is 28.2 Å². The van der Waals surface area contributed by atoms with Gasteiger partial charge in [0.05, 0.1) is 5.69 Å². The number of hydrogen-bond donors (Lipinski definition) is 1. The first kappa shape index (κ1) is 12.2. The van der Waals surface area contributed by atoms with Crippen molar-refractivity contribution in [3.63, 3.8) is 0 Å². The lowest BCUT2D eigenvalue weighted by Gasteiger charge is -2.06. The molecule has 0 saturated carbocycles. The first-order valence-corrected chi connectivity index (χ1v) is 5.60. The van der Waals surface area contributed by atoms with Gasteiger partial charge in [0.1, 0.15) is 0 Å². The highest BCUT2D eigenvalue weighted by molar-refractivity contribution is 9.10. The molecule has 0 aliphatic heterocycles. The SMILES string of the molecule is O=CNc1cc(Br)ccc1C(=O)CCCl. The van der Waals surface area contributed by atoms with E-state index in [2.05, 4.69) is 21.2 Å². The van der Waals surface area contributed by atoms with Crippen LogP contribution >= 0.6 is 27.5 Å². The van der Waals surface area contributed by atoms with E-state index < -0.39 is 0 Å². The zero-order valence-corrected chi connectivity index (χ0v) is 10.1. The van der Waals surface area contributed by atoms with Gasteiger partial charge in [-0.15, -0.1) is 11.6 Å². The van der Waals surface area contributed by atoms with E-state index in [1.165, 1.54) is 0 Å². The van der Waals surface area contributed by atoms with Crippen molar-refractivity contribution in [3.8, 4) is 0 Å². The molecule has 0 bridgehead atoms. The highest BCUT2D eigenvalue weighted by atomic mass is 79.9. The number of carbonyl (C=O) groups is 2. The minimum atomic E-state index is -0.0816. The highest BCUT2D eigenvalue weighted by Gasteiger charge is 2.10. The van der Waals surface area contributed by atoms with Crippen LogP contribution in [-0.2, 0) is 4.79 Å². The van der Waals surface area contributed by atoms with E-state index in [-0.39, 0.29) is 18.1 Å². The molecule has 0 aliphatic carbocycles. The number of benzene rings is 1. The summed E-state index contributed by atoms with van der Waals surface area (Å²) in [6, 6.07) is 5.08. The minimum absolute atomic E-state index is 0.0816. The number of Topliss-reactive ketones (excluding diaryl/α,β-unsaturated/α-hetero) is 1. The van der Waals surface area contributed by atoms with Crippen molar-refractivity contribution in [2.45, 2.75) is 6.42 Å². The number of carbonyl (C=O) groups excluding carboxylic acids is 2. The summed E-state index contributed by atoms with van der Waals surface area (Å²) in [4.78, 5) is 22.0. The molecule has 0 spiro atoms. The maximum absolute atomic E-state index is 11.6. The summed E-state index contributed by atoms with van der Waals surface area (Å²) in [6.45, 7) is 0. The van der Waals surface area contributed by atoms with Crippen LogP contribution in [0.5, 0.6) is 0 Å². The molecule has 1 rings (SSSR count). The van der Waals surface area contributed by atoms with Crippen LogP contribution in [0.3, 0.4) is 0 Å². The first-order chi connectivity index (χ1) is 7.19. The molecule has 5 heteroatoms. The van der Waals surface area contributed by atoms with Crippen LogP contribution in [0.4, 0.5) is 5.69 Å². The summed E-state index contributed by atoms with van der Waals surface area (Å²) in [6.07, 6.45) is 0.802. The molecule has 3 nitrogen and oxygen atoms in total. The Morgan fingerprint density at radius 3 is 2.87 bits per heavy atom. The van der Waals surface area contributed by atoms with Crippen molar-refractivity contribution in [1.82, 2.24) is 0 Å². The summed E-state index contributed by atoms with van der Waals surface area (Å²) in [5.74, 6) is 0.192. The van der Waals surface area contributed by atoms with Crippen LogP contribution in [0.25, 0.3) is 0 Å². The van der Waals surface area contributed by atoms with Gasteiger partial charge in [-0.3, -0.25) is 9.59 Å². The van der Waals surface area contributed by atoms with Gasteiger partial charge in [-0.1, -0.05) is 15.9 Å². The molecule has 0 aliphatic rings. The molecule has 0 fully saturated rings. The predicted molar refractivity (Wildman–Crippen MR) is 63.5 cm³/mol. The molecule has 1 N–H and O–H groups in total. The zero-order chi connectivity index (χ0) is 11.3. The number of rotatable bonds is 5. The highest BCUT2D eigenvalue weighted by Crippen LogP contribution is 2.22. The first-order valence-electron chi connectivity index (χ1n) is 4.28. The van der Waals surface area contributed by atoms with E-state index in [1.807, 2.05) is 0 Å². The molecule has 1 aromatic rings. The van der Waals surface area contributed by atoms with Crippen molar-refractivity contribution in [1.29, 1.82) is 0 Å². The maximum Gasteiger partial charge on any atom is 0.211 e. The predicted octanol–water partition coefficient (Wildman–Crippen LogP) is 2.83. The monoisotopic (exact) mass is 289 g/mol. The van der Waals surface area contributed by atoms with Crippen LogP contribution < -0.4 is 5.32 Å². The van der Waals surface area contributed by atoms with E-state index in [9.17, 15) is 9.59 Å². The zero-order valence-electron chi connectivity index (χ0n) is 7.80. The van der Waals surface area contributed by atoms with Gasteiger partial charge in [0.2, 0.25) is 6.41 Å². The van der Waals surface area contributed by atoms with E-state index in [0.29, 0.717) is 17.7 Å². The third-order valence-corrected chi connectivity index (χ3v) is 2.50. The van der Waals surface area contributed by atoms with Crippen molar-refractivity contribution in [2.24, 2.45) is 0 Å². The van der Waals surface area contributed by atoms with Crippen LogP contribution in [0, 0.1) is 0 Å². The van der Waals surface area contributed by atoms with Crippen LogP contribution in [0.15, 0.2) is 22.7 Å². The molecule has 1 amide bonds. The van der Waals surface area contributed by atoms with Gasteiger partial charge in [-0.2, -0.15) is 0 Å². The second-order valence-electron chi connectivity index (χ2n) is 2.81. The van der Waals surface area contributed by atoms with E-state index >= 15 is 0 Å². The molecule has 0 heterocycles. The summed E-state index contributed by atoms with van der Waals surface area (Å²) in [5.41, 5.74) is 0.973. The molecule has 15 heavy (non-hydrogen) atoms. The average molecular weight is 291 g/mol. The topological polar surface area (TPSA) is 46.2 Å². The number of hydrogen-bond acceptors (Lipinski definition) is 2. The van der Waals surface area contributed by atoms with E-state index in [4.69, 9.17) is 11.6 Å². The average Bonchev–Trinajstić information content (AvgIpc) is 2.18. The Labute approximate surface area is 101 Å². The number of halogens is 2. The number of alkyl halides is 1. The second-order valence-corrected chi connectivity index (χ2v) is 4.11. The van der Waals surface area contributed by atoms with E-state index in [0.717, 1.165) is 4.47 Å². The Hall–Kier alpha value is -0.870. The Kier molecular flexibility index (Phi) is 4.78. The van der Waals surface area contributed by atoms with Crippen LogP contribution in [0.1, 0.15) is 16.8 Å². The normalized spacial score (nSPS) is 9.73. The third kappa shape index (κ3) is 3.32. The Balaban J connectivity index is 3.04. The van der Waals surface area contributed by atoms with Gasteiger partial charge in [0, 0.05) is 22.3 Å². The molecular weight excluding hydrogens is 281 g/mol. The Bertz CT molecular complexity index is 382. The van der Waals surface area contributed by atoms with Crippen molar-refractivity contribution >= 4 is 45.4 Å². The minimum Gasteiger partial charge on any atom is -0.328 e. The van der Waals surface area contributed by atoms with Crippen LogP contribution in [-0.4, -0.2) is 18.1 Å². The third-order valence-electron chi connectivity index (χ3n) is 1.82. The molecule has 0 saturated heterocycles. The fraction of sp³-hybridized carbons (Fsp3) is 0.200. The number of anilines is 1. The summed E-state index contributed by atoms with van der Waals surface area (Å²) in [5, 5.41) is 2.48. The fourth-order valence-corrected chi connectivity index (χ4v) is 1.70. The molecule has 1 aromatic carbocycles. The summed E-state index contributed by atoms with van der Waals surface area (Å²) in [7, 11) is 0. The number of nitrogens with one attached hydrogen (secondary N) is 1. The van der Waals surface area contributed by atoms with Gasteiger partial charge >= 0.3 is 0 Å². The largest absolute Gasteiger partial charge is 0.328 e. The lowest BCUT2D eigenvalue weighted by Crippen LogP contribution is -2.06. The second kappa shape index (κ2) is 5.88. The van der Waals surface area contributed by atoms with Crippen molar-refractivity contribution < 1.29 is 9.59 Å². The lowest BCUT2D eigenvalue weighted by atomic mass is 10.1. The standard InChI is InChI=1S/C10H9BrClNO2/c11-7-1-2-8(10(15)3-4-12)9(5-7)13-6-14/h1-2,5-6H,3-4H2,(H,13,14). The Morgan fingerprint density at radius 1 is 1.53 bits per heavy atom. The molecule has 80 valence electrons. The van der Waals surface area contributed by atoms with Gasteiger partial charge in [-0.25, -0.2) is 0 Å². The molecule has 0 unspecified atom stereocenters. The van der Waals surface area contributed by atoms with Gasteiger partial charge in [-0.05, 0) is 18.2 Å². The molecular formula is C10H9BrClNO2. The van der Waals surface area contributed by atoms with E-state index in [1.54, 1.807) is 18.2 Å². The molecule has 0 aromatic heterocycles.